The van der Waals surface area contributed by atoms with Crippen LogP contribution < -0.4 is 4.74 Å². The highest BCUT2D eigenvalue weighted by Crippen LogP contribution is 2.30. The van der Waals surface area contributed by atoms with Gasteiger partial charge < -0.3 is 19.2 Å². The fourth-order valence-corrected chi connectivity index (χ4v) is 4.68. The lowest BCUT2D eigenvalue weighted by molar-refractivity contribution is -0.118. The number of ether oxygens (including phenoxy) is 1. The molecule has 202 valence electrons. The first-order valence-corrected chi connectivity index (χ1v) is 13.3. The van der Waals surface area contributed by atoms with E-state index < -0.39 is 6.16 Å². The highest BCUT2D eigenvalue weighted by atomic mass is 16.7. The largest absolute Gasteiger partial charge is 0.511 e. The van der Waals surface area contributed by atoms with Gasteiger partial charge in [0, 0.05) is 37.8 Å². The molecule has 0 fully saturated rings. The molecule has 1 atom stereocenters. The van der Waals surface area contributed by atoms with E-state index in [1.54, 1.807) is 12.1 Å². The first kappa shape index (κ1) is 27.7. The monoisotopic (exact) mass is 527 g/mol. The van der Waals surface area contributed by atoms with E-state index >= 15 is 0 Å². The van der Waals surface area contributed by atoms with Crippen molar-refractivity contribution in [3.05, 3.63) is 77.4 Å². The molecule has 4 rings (SSSR count). The van der Waals surface area contributed by atoms with Crippen LogP contribution in [0.1, 0.15) is 62.3 Å². The zero-order chi connectivity index (χ0) is 27.8. The Balaban J connectivity index is 1.58. The Labute approximate surface area is 228 Å². The quantitative estimate of drug-likeness (QED) is 0.182. The van der Waals surface area contributed by atoms with Crippen LogP contribution in [0.3, 0.4) is 0 Å². The van der Waals surface area contributed by atoms with Crippen molar-refractivity contribution in [1.29, 1.82) is 0 Å². The molecule has 1 aromatic heterocycles. The predicted molar refractivity (Wildman–Crippen MR) is 150 cm³/mol. The number of nitrogens with zero attached hydrogens (tertiary/aromatic N) is 3. The summed E-state index contributed by atoms with van der Waals surface area (Å²) in [6.45, 7) is 4.64. The molecule has 0 saturated carbocycles. The Kier molecular flexibility index (Phi) is 9.20. The molecule has 1 unspecified atom stereocenters. The lowest BCUT2D eigenvalue weighted by atomic mass is 10.0. The van der Waals surface area contributed by atoms with Gasteiger partial charge in [-0.3, -0.25) is 4.79 Å². The molecule has 0 radical (unpaired) electrons. The number of imidazole rings is 1. The van der Waals surface area contributed by atoms with Crippen LogP contribution in [0.15, 0.2) is 59.6 Å². The first-order chi connectivity index (χ1) is 18.9. The third kappa shape index (κ3) is 7.16. The van der Waals surface area contributed by atoms with E-state index in [1.165, 1.54) is 0 Å². The molecule has 1 heterocycles. The van der Waals surface area contributed by atoms with Crippen LogP contribution in [0.5, 0.6) is 5.75 Å². The number of hydrogen-bond acceptors (Lipinski definition) is 5. The highest BCUT2D eigenvalue weighted by Gasteiger charge is 2.21. The maximum Gasteiger partial charge on any atom is 0.511 e. The molecule has 8 heteroatoms. The number of rotatable bonds is 11. The van der Waals surface area contributed by atoms with Crippen molar-refractivity contribution < 1.29 is 24.2 Å². The minimum Gasteiger partial charge on any atom is -0.449 e. The minimum atomic E-state index is -1.35. The molecule has 1 aliphatic carbocycles. The van der Waals surface area contributed by atoms with E-state index in [2.05, 4.69) is 16.5 Å². The Morgan fingerprint density at radius 1 is 1.15 bits per heavy atom. The molecule has 1 N–H and O–H groups in total. The summed E-state index contributed by atoms with van der Waals surface area (Å²) in [5.41, 5.74) is 5.25. The standard InChI is InChI=1S/C31H33N3O5/c1-3-4-9-29-33-26-15-14-24(32-30(36)18-21(2)16-17-35)19-27(26)34(29)20-22-10-12-23(13-11-22)25-7-5-6-8-28(25)39-31(37)38/h5-8,10-15,17,21H,3-4,9,16,18-20H2,1-2H3,(H,37,38). The Bertz CT molecular complexity index is 1400. The van der Waals surface area contributed by atoms with Crippen LogP contribution in [0.4, 0.5) is 4.79 Å². The Morgan fingerprint density at radius 2 is 1.92 bits per heavy atom. The summed E-state index contributed by atoms with van der Waals surface area (Å²) < 4.78 is 7.17. The molecule has 1 amide bonds. The SMILES string of the molecule is CCCCc1nc2c(n1Cc1ccc(-c3ccccc3OC(=O)O)cc1)CC(=NC(=O)CC(C)CC=O)C=C2. The highest BCUT2D eigenvalue weighted by molar-refractivity contribution is 6.07. The smallest absolute Gasteiger partial charge is 0.449 e. The van der Waals surface area contributed by atoms with Crippen LogP contribution in [0.25, 0.3) is 17.2 Å². The van der Waals surface area contributed by atoms with Crippen molar-refractivity contribution in [2.45, 2.75) is 58.9 Å². The van der Waals surface area contributed by atoms with Crippen LogP contribution in [0, 0.1) is 5.92 Å². The van der Waals surface area contributed by atoms with E-state index in [0.29, 0.717) is 30.7 Å². The molecular weight excluding hydrogens is 494 g/mol. The number of benzene rings is 2. The zero-order valence-electron chi connectivity index (χ0n) is 22.3. The van der Waals surface area contributed by atoms with Crippen molar-refractivity contribution in [3.63, 3.8) is 0 Å². The van der Waals surface area contributed by atoms with Gasteiger partial charge in [0.25, 0.3) is 0 Å². The normalized spacial score (nSPS) is 14.2. The lowest BCUT2D eigenvalue weighted by Crippen LogP contribution is -2.15. The number of hydrogen-bond donors (Lipinski definition) is 1. The number of aldehydes is 1. The van der Waals surface area contributed by atoms with Gasteiger partial charge in [0.15, 0.2) is 0 Å². The van der Waals surface area contributed by atoms with Crippen molar-refractivity contribution in [2.75, 3.05) is 0 Å². The van der Waals surface area contributed by atoms with Gasteiger partial charge in [-0.05, 0) is 41.7 Å². The number of carboxylic acid groups (broad SMARTS) is 1. The van der Waals surface area contributed by atoms with E-state index in [0.717, 1.165) is 53.9 Å². The number of aliphatic imine (C=N–C) groups is 1. The molecule has 0 spiro atoms. The number of fused-ring (bicyclic) bond motifs is 1. The number of para-hydroxylation sites is 1. The van der Waals surface area contributed by atoms with Gasteiger partial charge in [0.1, 0.15) is 17.9 Å². The molecule has 39 heavy (non-hydrogen) atoms. The summed E-state index contributed by atoms with van der Waals surface area (Å²) in [5, 5.41) is 9.06. The summed E-state index contributed by atoms with van der Waals surface area (Å²) in [5.74, 6) is 1.05. The average molecular weight is 528 g/mol. The van der Waals surface area contributed by atoms with Crippen molar-refractivity contribution in [3.8, 4) is 16.9 Å². The number of unbranched alkanes of at least 4 members (excludes halogenated alkanes) is 1. The molecule has 0 bridgehead atoms. The maximum absolute atomic E-state index is 12.5. The van der Waals surface area contributed by atoms with E-state index in [4.69, 9.17) is 14.8 Å². The van der Waals surface area contributed by atoms with Crippen molar-refractivity contribution >= 4 is 30.1 Å². The average Bonchev–Trinajstić information content (AvgIpc) is 3.24. The second-order valence-electron chi connectivity index (χ2n) is 9.83. The summed E-state index contributed by atoms with van der Waals surface area (Å²) in [7, 11) is 0. The molecule has 2 aromatic carbocycles. The van der Waals surface area contributed by atoms with Gasteiger partial charge in [-0.25, -0.2) is 14.8 Å². The molecule has 3 aromatic rings. The van der Waals surface area contributed by atoms with Gasteiger partial charge in [0.2, 0.25) is 5.91 Å². The number of carbonyl (C=O) groups excluding carboxylic acids is 2. The van der Waals surface area contributed by atoms with Crippen LogP contribution in [-0.2, 0) is 29.0 Å². The topological polar surface area (TPSA) is 111 Å². The third-order valence-electron chi connectivity index (χ3n) is 6.70. The summed E-state index contributed by atoms with van der Waals surface area (Å²) in [6, 6.07) is 15.0. The van der Waals surface area contributed by atoms with E-state index in [-0.39, 0.29) is 24.0 Å². The Hall–Kier alpha value is -4.33. The van der Waals surface area contributed by atoms with Crippen LogP contribution >= 0.6 is 0 Å². The van der Waals surface area contributed by atoms with Gasteiger partial charge in [-0.1, -0.05) is 62.7 Å². The number of aryl methyl sites for hydroxylation is 1. The third-order valence-corrected chi connectivity index (χ3v) is 6.70. The van der Waals surface area contributed by atoms with Crippen LogP contribution in [-0.4, -0.2) is 38.7 Å². The van der Waals surface area contributed by atoms with Gasteiger partial charge in [-0.2, -0.15) is 0 Å². The molecule has 8 nitrogen and oxygen atoms in total. The van der Waals surface area contributed by atoms with Crippen molar-refractivity contribution in [1.82, 2.24) is 9.55 Å². The van der Waals surface area contributed by atoms with Gasteiger partial charge >= 0.3 is 6.16 Å². The fourth-order valence-electron chi connectivity index (χ4n) is 4.68. The second kappa shape index (κ2) is 13.0. The maximum atomic E-state index is 12.5. The van der Waals surface area contributed by atoms with Crippen LogP contribution in [0.2, 0.25) is 0 Å². The number of aromatic nitrogens is 2. The summed E-state index contributed by atoms with van der Waals surface area (Å²) in [4.78, 5) is 43.5. The number of amides is 1. The second-order valence-corrected chi connectivity index (χ2v) is 9.83. The summed E-state index contributed by atoms with van der Waals surface area (Å²) >= 11 is 0. The molecule has 0 aliphatic heterocycles. The van der Waals surface area contributed by atoms with Gasteiger partial charge in [-0.15, -0.1) is 0 Å². The molecular formula is C31H33N3O5. The predicted octanol–water partition coefficient (Wildman–Crippen LogP) is 6.15. The number of allylic oxidation sites excluding steroid dienone is 1. The van der Waals surface area contributed by atoms with E-state index in [1.807, 2.05) is 55.5 Å². The Morgan fingerprint density at radius 3 is 2.64 bits per heavy atom. The lowest BCUT2D eigenvalue weighted by Gasteiger charge is -2.15. The van der Waals surface area contributed by atoms with Crippen molar-refractivity contribution in [2.24, 2.45) is 10.9 Å². The minimum absolute atomic E-state index is 0.0284. The van der Waals surface area contributed by atoms with E-state index in [9.17, 15) is 14.4 Å². The fraction of sp³-hybridized carbons (Fsp3) is 0.323. The zero-order valence-corrected chi connectivity index (χ0v) is 22.3. The molecule has 1 aliphatic rings. The van der Waals surface area contributed by atoms with Gasteiger partial charge in [0.05, 0.1) is 17.1 Å². The molecule has 0 saturated heterocycles. The summed E-state index contributed by atoms with van der Waals surface area (Å²) in [6.07, 6.45) is 7.30. The first-order valence-electron chi connectivity index (χ1n) is 13.3. The number of carbonyl (C=O) groups is 3.